The Morgan fingerprint density at radius 1 is 1.20 bits per heavy atom. The van der Waals surface area contributed by atoms with E-state index in [1.807, 2.05) is 19.2 Å². The van der Waals surface area contributed by atoms with Crippen LogP contribution >= 0.6 is 0 Å². The Kier molecular flexibility index (Phi) is 3.30. The molecule has 0 aliphatic carbocycles. The van der Waals surface area contributed by atoms with E-state index in [1.54, 1.807) is 10.9 Å². The molecular formula is C14H16N6. The van der Waals surface area contributed by atoms with Crippen molar-refractivity contribution in [3.05, 3.63) is 42.4 Å². The molecule has 0 amide bonds. The second-order valence-corrected chi connectivity index (χ2v) is 4.59. The molecule has 0 unspecified atom stereocenters. The van der Waals surface area contributed by atoms with Crippen LogP contribution in [0.15, 0.2) is 36.8 Å². The van der Waals surface area contributed by atoms with Crippen molar-refractivity contribution in [3.63, 3.8) is 0 Å². The predicted octanol–water partition coefficient (Wildman–Crippen LogP) is 1.61. The standard InChI is InChI=1S/C14H16N6/c1-20-14-12(8-18-20)13(16-9-17-14)19-11-4-2-10(3-5-11)6-7-15/h2-5,8-9H,6-7,15H2,1H3,(H,16,17,19). The van der Waals surface area contributed by atoms with E-state index in [1.165, 1.54) is 11.9 Å². The average Bonchev–Trinajstić information content (AvgIpc) is 2.84. The van der Waals surface area contributed by atoms with Crippen LogP contribution in [-0.4, -0.2) is 26.3 Å². The molecule has 0 saturated carbocycles. The van der Waals surface area contributed by atoms with Crippen LogP contribution in [0, 0.1) is 0 Å². The van der Waals surface area contributed by atoms with Gasteiger partial charge < -0.3 is 11.1 Å². The number of aromatic nitrogens is 4. The zero-order chi connectivity index (χ0) is 13.9. The third-order valence-electron chi connectivity index (χ3n) is 3.18. The van der Waals surface area contributed by atoms with E-state index in [0.29, 0.717) is 6.54 Å². The smallest absolute Gasteiger partial charge is 0.163 e. The van der Waals surface area contributed by atoms with Crippen LogP contribution < -0.4 is 11.1 Å². The molecule has 0 aliphatic rings. The molecule has 3 aromatic rings. The van der Waals surface area contributed by atoms with Gasteiger partial charge in [-0.3, -0.25) is 4.68 Å². The molecule has 0 aliphatic heterocycles. The molecule has 102 valence electrons. The van der Waals surface area contributed by atoms with Crippen LogP contribution in [0.25, 0.3) is 11.0 Å². The molecule has 0 spiro atoms. The zero-order valence-electron chi connectivity index (χ0n) is 11.2. The number of nitrogens with one attached hydrogen (secondary N) is 1. The summed E-state index contributed by atoms with van der Waals surface area (Å²) in [5.74, 6) is 0.759. The van der Waals surface area contributed by atoms with Crippen LogP contribution in [0.5, 0.6) is 0 Å². The van der Waals surface area contributed by atoms with Gasteiger partial charge in [0.2, 0.25) is 0 Å². The second-order valence-electron chi connectivity index (χ2n) is 4.59. The number of nitrogens with two attached hydrogens (primary N) is 1. The number of hydrogen-bond acceptors (Lipinski definition) is 5. The van der Waals surface area contributed by atoms with E-state index in [2.05, 4.69) is 32.5 Å². The first kappa shape index (κ1) is 12.6. The van der Waals surface area contributed by atoms with E-state index in [4.69, 9.17) is 5.73 Å². The fourth-order valence-electron chi connectivity index (χ4n) is 2.12. The van der Waals surface area contributed by atoms with Crippen molar-refractivity contribution in [2.75, 3.05) is 11.9 Å². The Balaban J connectivity index is 1.89. The topological polar surface area (TPSA) is 81.7 Å². The quantitative estimate of drug-likeness (QED) is 0.751. The highest BCUT2D eigenvalue weighted by Crippen LogP contribution is 2.22. The van der Waals surface area contributed by atoms with E-state index in [0.717, 1.165) is 29.0 Å². The summed E-state index contributed by atoms with van der Waals surface area (Å²) >= 11 is 0. The van der Waals surface area contributed by atoms with Gasteiger partial charge in [-0.1, -0.05) is 12.1 Å². The van der Waals surface area contributed by atoms with E-state index in [-0.39, 0.29) is 0 Å². The number of aryl methyl sites for hydroxylation is 1. The molecule has 2 aromatic heterocycles. The number of fused-ring (bicyclic) bond motifs is 1. The van der Waals surface area contributed by atoms with Crippen molar-refractivity contribution in [1.29, 1.82) is 0 Å². The van der Waals surface area contributed by atoms with Crippen molar-refractivity contribution in [3.8, 4) is 0 Å². The van der Waals surface area contributed by atoms with Gasteiger partial charge in [0, 0.05) is 12.7 Å². The minimum absolute atomic E-state index is 0.662. The SMILES string of the molecule is Cn1ncc2c(Nc3ccc(CCN)cc3)ncnc21. The molecule has 0 saturated heterocycles. The molecule has 0 atom stereocenters. The first-order chi connectivity index (χ1) is 9.78. The van der Waals surface area contributed by atoms with Gasteiger partial charge >= 0.3 is 0 Å². The van der Waals surface area contributed by atoms with Crippen molar-refractivity contribution in [2.24, 2.45) is 12.8 Å². The van der Waals surface area contributed by atoms with Crippen molar-refractivity contribution in [1.82, 2.24) is 19.7 Å². The molecule has 6 heteroatoms. The minimum Gasteiger partial charge on any atom is -0.340 e. The van der Waals surface area contributed by atoms with E-state index in [9.17, 15) is 0 Å². The molecule has 0 fully saturated rings. The Labute approximate surface area is 116 Å². The maximum Gasteiger partial charge on any atom is 0.163 e. The Morgan fingerprint density at radius 2 is 2.00 bits per heavy atom. The van der Waals surface area contributed by atoms with Crippen molar-refractivity contribution < 1.29 is 0 Å². The maximum absolute atomic E-state index is 5.54. The highest BCUT2D eigenvalue weighted by molar-refractivity contribution is 5.88. The summed E-state index contributed by atoms with van der Waals surface area (Å²) in [7, 11) is 1.86. The van der Waals surface area contributed by atoms with Gasteiger partial charge in [0.25, 0.3) is 0 Å². The third kappa shape index (κ3) is 2.33. The van der Waals surface area contributed by atoms with E-state index >= 15 is 0 Å². The summed E-state index contributed by atoms with van der Waals surface area (Å²) in [6, 6.07) is 8.18. The van der Waals surface area contributed by atoms with Gasteiger partial charge in [0.05, 0.1) is 11.6 Å². The number of rotatable bonds is 4. The lowest BCUT2D eigenvalue weighted by atomic mass is 10.1. The number of benzene rings is 1. The summed E-state index contributed by atoms with van der Waals surface area (Å²) in [5.41, 5.74) is 8.56. The first-order valence-corrected chi connectivity index (χ1v) is 6.46. The minimum atomic E-state index is 0.662. The van der Waals surface area contributed by atoms with Crippen LogP contribution in [0.1, 0.15) is 5.56 Å². The van der Waals surface area contributed by atoms with Gasteiger partial charge in [-0.2, -0.15) is 5.10 Å². The third-order valence-corrected chi connectivity index (χ3v) is 3.18. The summed E-state index contributed by atoms with van der Waals surface area (Å²) in [6.45, 7) is 0.662. The summed E-state index contributed by atoms with van der Waals surface area (Å²) in [4.78, 5) is 8.50. The molecule has 0 bridgehead atoms. The molecule has 20 heavy (non-hydrogen) atoms. The normalized spacial score (nSPS) is 10.9. The van der Waals surface area contributed by atoms with Gasteiger partial charge in [0.15, 0.2) is 5.65 Å². The fraction of sp³-hybridized carbons (Fsp3) is 0.214. The van der Waals surface area contributed by atoms with Crippen molar-refractivity contribution in [2.45, 2.75) is 6.42 Å². The Bertz CT molecular complexity index is 716. The highest BCUT2D eigenvalue weighted by Gasteiger charge is 2.07. The van der Waals surface area contributed by atoms with Crippen LogP contribution in [0.3, 0.4) is 0 Å². The fourth-order valence-corrected chi connectivity index (χ4v) is 2.12. The van der Waals surface area contributed by atoms with Gasteiger partial charge in [-0.05, 0) is 30.7 Å². The maximum atomic E-state index is 5.54. The lowest BCUT2D eigenvalue weighted by Crippen LogP contribution is -2.02. The first-order valence-electron chi connectivity index (χ1n) is 6.46. The largest absolute Gasteiger partial charge is 0.340 e. The molecular weight excluding hydrogens is 252 g/mol. The van der Waals surface area contributed by atoms with Crippen LogP contribution in [-0.2, 0) is 13.5 Å². The molecule has 0 radical (unpaired) electrons. The monoisotopic (exact) mass is 268 g/mol. The Morgan fingerprint density at radius 3 is 2.75 bits per heavy atom. The van der Waals surface area contributed by atoms with E-state index < -0.39 is 0 Å². The van der Waals surface area contributed by atoms with Crippen LogP contribution in [0.2, 0.25) is 0 Å². The van der Waals surface area contributed by atoms with Crippen molar-refractivity contribution >= 4 is 22.5 Å². The second kappa shape index (κ2) is 5.26. The summed E-state index contributed by atoms with van der Waals surface area (Å²) in [5, 5.41) is 8.39. The number of nitrogens with zero attached hydrogens (tertiary/aromatic N) is 4. The number of hydrogen-bond donors (Lipinski definition) is 2. The Hall–Kier alpha value is -2.47. The highest BCUT2D eigenvalue weighted by atomic mass is 15.3. The van der Waals surface area contributed by atoms with Crippen LogP contribution in [0.4, 0.5) is 11.5 Å². The lowest BCUT2D eigenvalue weighted by molar-refractivity contribution is 0.785. The van der Waals surface area contributed by atoms with Gasteiger partial charge in [0.1, 0.15) is 12.1 Å². The van der Waals surface area contributed by atoms with Gasteiger partial charge in [-0.25, -0.2) is 9.97 Å². The lowest BCUT2D eigenvalue weighted by Gasteiger charge is -2.07. The summed E-state index contributed by atoms with van der Waals surface area (Å²) in [6.07, 6.45) is 4.19. The number of anilines is 2. The summed E-state index contributed by atoms with van der Waals surface area (Å²) < 4.78 is 1.73. The molecule has 1 aromatic carbocycles. The molecule has 3 N–H and O–H groups in total. The van der Waals surface area contributed by atoms with Gasteiger partial charge in [-0.15, -0.1) is 0 Å². The molecule has 3 rings (SSSR count). The zero-order valence-corrected chi connectivity index (χ0v) is 11.2. The molecule has 6 nitrogen and oxygen atoms in total. The average molecular weight is 268 g/mol. The predicted molar refractivity (Wildman–Crippen MR) is 78.8 cm³/mol. The molecule has 2 heterocycles.